The molecule has 164 valence electrons. The second-order valence-electron chi connectivity index (χ2n) is 6.84. The smallest absolute Gasteiger partial charge is 0.415 e. The number of morpholine rings is 1. The van der Waals surface area contributed by atoms with E-state index in [-0.39, 0.29) is 17.0 Å². The molecular weight excluding hydrogens is 424 g/mol. The Kier molecular flexibility index (Phi) is 7.86. The fourth-order valence-corrected chi connectivity index (χ4v) is 3.28. The van der Waals surface area contributed by atoms with Crippen molar-refractivity contribution in [3.63, 3.8) is 0 Å². The maximum absolute atomic E-state index is 12.5. The van der Waals surface area contributed by atoms with Gasteiger partial charge >= 0.3 is 12.1 Å². The van der Waals surface area contributed by atoms with Gasteiger partial charge in [-0.15, -0.1) is 0 Å². The largest absolute Gasteiger partial charge is 0.467 e. The van der Waals surface area contributed by atoms with E-state index in [1.165, 1.54) is 7.11 Å². The molecule has 1 unspecified atom stereocenters. The van der Waals surface area contributed by atoms with Crippen LogP contribution in [-0.2, 0) is 20.7 Å². The molecule has 1 aliphatic heterocycles. The van der Waals surface area contributed by atoms with Gasteiger partial charge in [0.05, 0.1) is 30.9 Å². The van der Waals surface area contributed by atoms with Gasteiger partial charge in [0.15, 0.2) is 0 Å². The standard InChI is InChI=1S/C22H23ClN2O6/c1-29-21(27)19(24-20(26)17-4-2-3-5-18(17)23)14-15-6-8-16(9-7-15)31-22(28)25-10-12-30-13-11-25/h2-9,19H,10-14H2,1H3,(H,24,26). The predicted molar refractivity (Wildman–Crippen MR) is 113 cm³/mol. The molecule has 0 aliphatic carbocycles. The monoisotopic (exact) mass is 446 g/mol. The number of carbonyl (C=O) groups excluding carboxylic acids is 3. The van der Waals surface area contributed by atoms with Crippen LogP contribution in [0.3, 0.4) is 0 Å². The Balaban J connectivity index is 1.63. The van der Waals surface area contributed by atoms with E-state index in [1.807, 2.05) is 0 Å². The minimum Gasteiger partial charge on any atom is -0.467 e. The summed E-state index contributed by atoms with van der Waals surface area (Å²) in [5.74, 6) is -0.671. The Hall–Kier alpha value is -3.10. The third kappa shape index (κ3) is 6.19. The van der Waals surface area contributed by atoms with Crippen LogP contribution in [-0.4, -0.2) is 62.3 Å². The zero-order valence-corrected chi connectivity index (χ0v) is 17.8. The number of esters is 1. The van der Waals surface area contributed by atoms with Crippen molar-refractivity contribution < 1.29 is 28.6 Å². The highest BCUT2D eigenvalue weighted by Crippen LogP contribution is 2.17. The number of hydrogen-bond acceptors (Lipinski definition) is 6. The maximum atomic E-state index is 12.5. The third-order valence-electron chi connectivity index (χ3n) is 4.75. The van der Waals surface area contributed by atoms with Gasteiger partial charge < -0.3 is 24.4 Å². The zero-order valence-electron chi connectivity index (χ0n) is 17.0. The SMILES string of the molecule is COC(=O)C(Cc1ccc(OC(=O)N2CCOCC2)cc1)NC(=O)c1ccccc1Cl. The molecule has 1 saturated heterocycles. The molecule has 1 heterocycles. The first-order valence-corrected chi connectivity index (χ1v) is 10.1. The van der Waals surface area contributed by atoms with E-state index in [0.29, 0.717) is 32.1 Å². The molecule has 1 N–H and O–H groups in total. The number of ether oxygens (including phenoxy) is 3. The van der Waals surface area contributed by atoms with E-state index in [2.05, 4.69) is 5.32 Å². The van der Waals surface area contributed by atoms with Crippen LogP contribution in [0.15, 0.2) is 48.5 Å². The van der Waals surface area contributed by atoms with Crippen LogP contribution in [0.1, 0.15) is 15.9 Å². The van der Waals surface area contributed by atoms with Crippen molar-refractivity contribution in [3.8, 4) is 5.75 Å². The molecule has 1 atom stereocenters. The van der Waals surface area contributed by atoms with Crippen LogP contribution in [0.4, 0.5) is 4.79 Å². The van der Waals surface area contributed by atoms with Gasteiger partial charge in [-0.1, -0.05) is 35.9 Å². The minimum absolute atomic E-state index is 0.195. The average molecular weight is 447 g/mol. The lowest BCUT2D eigenvalue weighted by Crippen LogP contribution is -2.43. The number of methoxy groups -OCH3 is 1. The predicted octanol–water partition coefficient (Wildman–Crippen LogP) is 2.69. The van der Waals surface area contributed by atoms with Crippen LogP contribution in [0.2, 0.25) is 5.02 Å². The average Bonchev–Trinajstić information content (AvgIpc) is 2.80. The summed E-state index contributed by atoms with van der Waals surface area (Å²) in [6.07, 6.45) is -0.240. The topological polar surface area (TPSA) is 94.2 Å². The van der Waals surface area contributed by atoms with Crippen molar-refractivity contribution in [1.82, 2.24) is 10.2 Å². The molecule has 2 aromatic carbocycles. The van der Waals surface area contributed by atoms with Crippen LogP contribution in [0.5, 0.6) is 5.75 Å². The van der Waals surface area contributed by atoms with E-state index < -0.39 is 24.0 Å². The molecule has 1 fully saturated rings. The molecule has 0 radical (unpaired) electrons. The Morgan fingerprint density at radius 2 is 1.77 bits per heavy atom. The van der Waals surface area contributed by atoms with Crippen molar-refractivity contribution in [2.24, 2.45) is 0 Å². The Morgan fingerprint density at radius 1 is 1.10 bits per heavy atom. The first-order valence-electron chi connectivity index (χ1n) is 9.74. The molecule has 3 rings (SSSR count). The van der Waals surface area contributed by atoms with Gasteiger partial charge in [-0.05, 0) is 29.8 Å². The van der Waals surface area contributed by atoms with Crippen molar-refractivity contribution in [3.05, 3.63) is 64.7 Å². The summed E-state index contributed by atoms with van der Waals surface area (Å²) in [5, 5.41) is 2.95. The summed E-state index contributed by atoms with van der Waals surface area (Å²) < 4.78 is 15.4. The highest BCUT2D eigenvalue weighted by atomic mass is 35.5. The molecule has 2 aromatic rings. The quantitative estimate of drug-likeness (QED) is 0.685. The Bertz CT molecular complexity index is 928. The molecule has 31 heavy (non-hydrogen) atoms. The maximum Gasteiger partial charge on any atom is 0.415 e. The number of benzene rings is 2. The Labute approximate surface area is 185 Å². The molecule has 2 amide bonds. The number of nitrogens with one attached hydrogen (secondary N) is 1. The van der Waals surface area contributed by atoms with Crippen molar-refractivity contribution in [1.29, 1.82) is 0 Å². The fourth-order valence-electron chi connectivity index (χ4n) is 3.06. The van der Waals surface area contributed by atoms with Gasteiger partial charge in [-0.3, -0.25) is 4.79 Å². The van der Waals surface area contributed by atoms with Gasteiger partial charge in [0.1, 0.15) is 11.8 Å². The number of amides is 2. The van der Waals surface area contributed by atoms with E-state index in [9.17, 15) is 14.4 Å². The van der Waals surface area contributed by atoms with Crippen LogP contribution in [0.25, 0.3) is 0 Å². The van der Waals surface area contributed by atoms with E-state index in [4.69, 9.17) is 25.8 Å². The summed E-state index contributed by atoms with van der Waals surface area (Å²) in [7, 11) is 1.26. The van der Waals surface area contributed by atoms with Crippen LogP contribution >= 0.6 is 11.6 Å². The molecule has 0 spiro atoms. The third-order valence-corrected chi connectivity index (χ3v) is 5.08. The first kappa shape index (κ1) is 22.6. The van der Waals surface area contributed by atoms with Gasteiger partial charge in [-0.25, -0.2) is 9.59 Å². The first-order chi connectivity index (χ1) is 15.0. The number of rotatable bonds is 6. The van der Waals surface area contributed by atoms with E-state index in [1.54, 1.807) is 53.4 Å². The minimum atomic E-state index is -0.907. The molecule has 9 heteroatoms. The number of hydrogen-bond donors (Lipinski definition) is 1. The Morgan fingerprint density at radius 3 is 2.42 bits per heavy atom. The zero-order chi connectivity index (χ0) is 22.2. The number of halogens is 1. The number of carbonyl (C=O) groups is 3. The van der Waals surface area contributed by atoms with Crippen molar-refractivity contribution >= 4 is 29.6 Å². The van der Waals surface area contributed by atoms with Gasteiger partial charge in [0, 0.05) is 19.5 Å². The van der Waals surface area contributed by atoms with Crippen LogP contribution in [0, 0.1) is 0 Å². The van der Waals surface area contributed by atoms with Crippen molar-refractivity contribution in [2.75, 3.05) is 33.4 Å². The van der Waals surface area contributed by atoms with Gasteiger partial charge in [-0.2, -0.15) is 0 Å². The van der Waals surface area contributed by atoms with Gasteiger partial charge in [0.25, 0.3) is 5.91 Å². The molecule has 0 bridgehead atoms. The fraction of sp³-hybridized carbons (Fsp3) is 0.318. The highest BCUT2D eigenvalue weighted by Gasteiger charge is 2.24. The second kappa shape index (κ2) is 10.8. The molecule has 0 aromatic heterocycles. The summed E-state index contributed by atoms with van der Waals surface area (Å²) in [6.45, 7) is 1.96. The second-order valence-corrected chi connectivity index (χ2v) is 7.25. The normalized spacial score (nSPS) is 14.5. The molecular formula is C22H23ClN2O6. The summed E-state index contributed by atoms with van der Waals surface area (Å²) in [4.78, 5) is 38.5. The molecule has 1 aliphatic rings. The summed E-state index contributed by atoms with van der Waals surface area (Å²) in [5.41, 5.74) is 1.02. The van der Waals surface area contributed by atoms with E-state index >= 15 is 0 Å². The summed E-state index contributed by atoms with van der Waals surface area (Å²) >= 11 is 6.06. The van der Waals surface area contributed by atoms with E-state index in [0.717, 1.165) is 5.56 Å². The molecule has 0 saturated carbocycles. The highest BCUT2D eigenvalue weighted by molar-refractivity contribution is 6.33. The lowest BCUT2D eigenvalue weighted by atomic mass is 10.1. The summed E-state index contributed by atoms with van der Waals surface area (Å²) in [6, 6.07) is 12.4. The van der Waals surface area contributed by atoms with Gasteiger partial charge in [0.2, 0.25) is 0 Å². The molecule has 8 nitrogen and oxygen atoms in total. The lowest BCUT2D eigenvalue weighted by Gasteiger charge is -2.25. The number of nitrogens with zero attached hydrogens (tertiary/aromatic N) is 1. The van der Waals surface area contributed by atoms with Crippen LogP contribution < -0.4 is 10.1 Å². The van der Waals surface area contributed by atoms with Crippen molar-refractivity contribution in [2.45, 2.75) is 12.5 Å². The lowest BCUT2D eigenvalue weighted by molar-refractivity contribution is -0.142.